The molecule has 0 amide bonds. The number of H-pyrrole nitrogens is 1. The predicted octanol–water partition coefficient (Wildman–Crippen LogP) is 2.11. The number of nitrogen functional groups attached to an aromatic ring is 1. The Kier molecular flexibility index (Phi) is 2.97. The molecule has 3 nitrogen and oxygen atoms in total. The molecule has 0 aliphatic carbocycles. The highest BCUT2D eigenvalue weighted by Gasteiger charge is 2.09. The third-order valence-electron chi connectivity index (χ3n) is 2.86. The number of nitrogens with one attached hydrogen (secondary N) is 1. The number of anilines is 1. The van der Waals surface area contributed by atoms with Gasteiger partial charge in [0, 0.05) is 35.8 Å². The van der Waals surface area contributed by atoms with Crippen LogP contribution in [0, 0.1) is 6.92 Å². The lowest BCUT2D eigenvalue weighted by Crippen LogP contribution is -2.02. The zero-order valence-corrected chi connectivity index (χ0v) is 9.33. The first kappa shape index (κ1) is 10.8. The van der Waals surface area contributed by atoms with E-state index in [0.717, 1.165) is 27.9 Å². The monoisotopic (exact) mass is 216 g/mol. The van der Waals surface area contributed by atoms with Crippen LogP contribution in [0.15, 0.2) is 30.6 Å². The molecule has 2 aromatic rings. The summed E-state index contributed by atoms with van der Waals surface area (Å²) in [4.78, 5) is 3.02. The van der Waals surface area contributed by atoms with Gasteiger partial charge in [-0.2, -0.15) is 0 Å². The second-order valence-electron chi connectivity index (χ2n) is 3.90. The van der Waals surface area contributed by atoms with Crippen molar-refractivity contribution in [3.63, 3.8) is 0 Å². The van der Waals surface area contributed by atoms with Crippen molar-refractivity contribution < 1.29 is 5.11 Å². The molecule has 3 heteroatoms. The van der Waals surface area contributed by atoms with Crippen molar-refractivity contribution in [1.29, 1.82) is 0 Å². The summed E-state index contributed by atoms with van der Waals surface area (Å²) in [7, 11) is 0. The third kappa shape index (κ3) is 1.82. The van der Waals surface area contributed by atoms with E-state index in [-0.39, 0.29) is 6.61 Å². The van der Waals surface area contributed by atoms with Crippen molar-refractivity contribution in [2.75, 3.05) is 12.3 Å². The Labute approximate surface area is 94.9 Å². The summed E-state index contributed by atoms with van der Waals surface area (Å²) < 4.78 is 0. The van der Waals surface area contributed by atoms with Gasteiger partial charge >= 0.3 is 0 Å². The van der Waals surface area contributed by atoms with Crippen molar-refractivity contribution in [1.82, 2.24) is 4.98 Å². The number of aromatic amines is 1. The molecule has 0 bridgehead atoms. The van der Waals surface area contributed by atoms with Crippen LogP contribution in [0.1, 0.15) is 11.1 Å². The maximum absolute atomic E-state index is 9.03. The van der Waals surface area contributed by atoms with Crippen LogP contribution in [0.3, 0.4) is 0 Å². The van der Waals surface area contributed by atoms with Crippen LogP contribution in [0.4, 0.5) is 5.69 Å². The van der Waals surface area contributed by atoms with Crippen molar-refractivity contribution in [2.24, 2.45) is 0 Å². The highest BCUT2D eigenvalue weighted by molar-refractivity contribution is 5.79. The smallest absolute Gasteiger partial charge is 0.0472 e. The Morgan fingerprint density at radius 2 is 2.12 bits per heavy atom. The fourth-order valence-corrected chi connectivity index (χ4v) is 1.96. The first-order valence-corrected chi connectivity index (χ1v) is 5.36. The van der Waals surface area contributed by atoms with Gasteiger partial charge in [0.2, 0.25) is 0 Å². The summed E-state index contributed by atoms with van der Waals surface area (Å²) in [5, 5.41) is 9.03. The van der Waals surface area contributed by atoms with Crippen molar-refractivity contribution in [3.8, 4) is 11.1 Å². The van der Waals surface area contributed by atoms with Gasteiger partial charge in [0.05, 0.1) is 0 Å². The molecule has 1 aromatic heterocycles. The lowest BCUT2D eigenvalue weighted by molar-refractivity contribution is 0.299. The number of rotatable bonds is 3. The lowest BCUT2D eigenvalue weighted by atomic mass is 9.97. The van der Waals surface area contributed by atoms with Crippen molar-refractivity contribution in [3.05, 3.63) is 41.7 Å². The zero-order chi connectivity index (χ0) is 11.5. The van der Waals surface area contributed by atoms with Crippen LogP contribution >= 0.6 is 0 Å². The molecule has 0 saturated carbocycles. The van der Waals surface area contributed by atoms with Crippen LogP contribution < -0.4 is 5.73 Å². The molecule has 16 heavy (non-hydrogen) atoms. The summed E-state index contributed by atoms with van der Waals surface area (Å²) >= 11 is 0. The van der Waals surface area contributed by atoms with Gasteiger partial charge in [0.25, 0.3) is 0 Å². The van der Waals surface area contributed by atoms with Crippen LogP contribution in [0.5, 0.6) is 0 Å². The number of hydrogen-bond acceptors (Lipinski definition) is 2. The molecular formula is C13H16N2O. The molecule has 0 saturated heterocycles. The fraction of sp³-hybridized carbons (Fsp3) is 0.231. The minimum Gasteiger partial charge on any atom is -0.398 e. The lowest BCUT2D eigenvalue weighted by Gasteiger charge is -2.12. The number of aromatic nitrogens is 1. The van der Waals surface area contributed by atoms with Crippen LogP contribution in [-0.2, 0) is 6.42 Å². The molecule has 1 aromatic carbocycles. The molecule has 1 heterocycles. The van der Waals surface area contributed by atoms with Gasteiger partial charge < -0.3 is 15.8 Å². The highest BCUT2D eigenvalue weighted by Crippen LogP contribution is 2.30. The minimum atomic E-state index is 0.127. The Hall–Kier alpha value is -1.74. The summed E-state index contributed by atoms with van der Waals surface area (Å²) in [6.45, 7) is 2.14. The van der Waals surface area contributed by atoms with E-state index in [1.165, 1.54) is 0 Å². The standard InChI is InChI=1S/C13H16N2O/c1-9-2-3-12(10-4-6-15-8-10)13(14)11(9)5-7-16/h2-4,6,8,15-16H,5,7,14H2,1H3. The SMILES string of the molecule is Cc1ccc(-c2cc[nH]c2)c(N)c1CCO. The zero-order valence-electron chi connectivity index (χ0n) is 9.33. The Morgan fingerprint density at radius 3 is 2.75 bits per heavy atom. The van der Waals surface area contributed by atoms with E-state index in [9.17, 15) is 0 Å². The molecular weight excluding hydrogens is 200 g/mol. The van der Waals surface area contributed by atoms with Crippen molar-refractivity contribution >= 4 is 5.69 Å². The van der Waals surface area contributed by atoms with Crippen LogP contribution in [0.2, 0.25) is 0 Å². The first-order chi connectivity index (χ1) is 7.74. The molecule has 84 valence electrons. The van der Waals surface area contributed by atoms with Gasteiger partial charge in [0.15, 0.2) is 0 Å². The minimum absolute atomic E-state index is 0.127. The Balaban J connectivity index is 2.52. The summed E-state index contributed by atoms with van der Waals surface area (Å²) in [5.41, 5.74) is 11.2. The normalized spacial score (nSPS) is 10.6. The number of benzene rings is 1. The van der Waals surface area contributed by atoms with Gasteiger partial charge in [-0.1, -0.05) is 12.1 Å². The quantitative estimate of drug-likeness (QED) is 0.688. The second-order valence-corrected chi connectivity index (χ2v) is 3.90. The topological polar surface area (TPSA) is 62.0 Å². The van der Waals surface area contributed by atoms with Gasteiger partial charge in [-0.25, -0.2) is 0 Å². The first-order valence-electron chi connectivity index (χ1n) is 5.36. The Morgan fingerprint density at radius 1 is 1.31 bits per heavy atom. The number of aliphatic hydroxyl groups excluding tert-OH is 1. The van der Waals surface area contributed by atoms with E-state index >= 15 is 0 Å². The van der Waals surface area contributed by atoms with Crippen LogP contribution in [-0.4, -0.2) is 16.7 Å². The van der Waals surface area contributed by atoms with E-state index in [2.05, 4.69) is 4.98 Å². The van der Waals surface area contributed by atoms with E-state index in [1.54, 1.807) is 0 Å². The number of aliphatic hydroxyl groups is 1. The maximum Gasteiger partial charge on any atom is 0.0472 e. The van der Waals surface area contributed by atoms with E-state index < -0.39 is 0 Å². The van der Waals surface area contributed by atoms with Gasteiger partial charge in [0.1, 0.15) is 0 Å². The summed E-state index contributed by atoms with van der Waals surface area (Å²) in [6, 6.07) is 6.06. The summed E-state index contributed by atoms with van der Waals surface area (Å²) in [5.74, 6) is 0. The molecule has 0 aliphatic heterocycles. The molecule has 0 fully saturated rings. The average molecular weight is 216 g/mol. The fourth-order valence-electron chi connectivity index (χ4n) is 1.96. The molecule has 0 radical (unpaired) electrons. The second kappa shape index (κ2) is 4.41. The van der Waals surface area contributed by atoms with Gasteiger partial charge in [-0.15, -0.1) is 0 Å². The molecule has 4 N–H and O–H groups in total. The highest BCUT2D eigenvalue weighted by atomic mass is 16.2. The number of aryl methyl sites for hydroxylation is 1. The van der Waals surface area contributed by atoms with E-state index in [0.29, 0.717) is 6.42 Å². The number of hydrogen-bond donors (Lipinski definition) is 3. The van der Waals surface area contributed by atoms with Crippen LogP contribution in [0.25, 0.3) is 11.1 Å². The van der Waals surface area contributed by atoms with E-state index in [1.807, 2.05) is 37.5 Å². The largest absolute Gasteiger partial charge is 0.398 e. The maximum atomic E-state index is 9.03. The van der Waals surface area contributed by atoms with Gasteiger partial charge in [-0.3, -0.25) is 0 Å². The summed E-state index contributed by atoms with van der Waals surface area (Å²) in [6.07, 6.45) is 4.40. The molecule has 0 atom stereocenters. The third-order valence-corrected chi connectivity index (χ3v) is 2.86. The predicted molar refractivity (Wildman–Crippen MR) is 66.2 cm³/mol. The molecule has 2 rings (SSSR count). The van der Waals surface area contributed by atoms with Gasteiger partial charge in [-0.05, 0) is 30.5 Å². The molecule has 0 spiro atoms. The molecule has 0 unspecified atom stereocenters. The Bertz CT molecular complexity index is 475. The van der Waals surface area contributed by atoms with Crippen molar-refractivity contribution in [2.45, 2.75) is 13.3 Å². The number of nitrogens with two attached hydrogens (primary N) is 1. The average Bonchev–Trinajstić information content (AvgIpc) is 2.77. The van der Waals surface area contributed by atoms with E-state index in [4.69, 9.17) is 10.8 Å². The molecule has 0 aliphatic rings.